The zero-order valence-electron chi connectivity index (χ0n) is 11.0. The second kappa shape index (κ2) is 6.91. The van der Waals surface area contributed by atoms with Crippen LogP contribution in [-0.2, 0) is 0 Å². The van der Waals surface area contributed by atoms with Gasteiger partial charge in [-0.15, -0.1) is 0 Å². The molecule has 1 heterocycles. The summed E-state index contributed by atoms with van der Waals surface area (Å²) >= 11 is 3.32. The van der Waals surface area contributed by atoms with E-state index in [9.17, 15) is 4.79 Å². The highest BCUT2D eigenvalue weighted by molar-refractivity contribution is 9.10. The molecule has 0 bridgehead atoms. The number of nitrogen functional groups attached to an aromatic ring is 1. The van der Waals surface area contributed by atoms with Crippen molar-refractivity contribution in [1.82, 2.24) is 10.2 Å². The number of carbonyl (C=O) groups excluding carboxylic acids is 1. The third-order valence-electron chi connectivity index (χ3n) is 3.39. The number of benzene rings is 1. The van der Waals surface area contributed by atoms with Gasteiger partial charge in [0.1, 0.15) is 0 Å². The summed E-state index contributed by atoms with van der Waals surface area (Å²) in [6.07, 6.45) is 3.62. The van der Waals surface area contributed by atoms with Crippen LogP contribution >= 0.6 is 15.9 Å². The van der Waals surface area contributed by atoms with Gasteiger partial charge in [-0.25, -0.2) is 0 Å². The highest BCUT2D eigenvalue weighted by atomic mass is 79.9. The van der Waals surface area contributed by atoms with Crippen molar-refractivity contribution in [2.24, 2.45) is 0 Å². The zero-order valence-corrected chi connectivity index (χ0v) is 12.6. The molecule has 1 aromatic rings. The highest BCUT2D eigenvalue weighted by Crippen LogP contribution is 2.20. The molecule has 0 unspecified atom stereocenters. The number of nitrogens with one attached hydrogen (secondary N) is 1. The molecule has 0 aliphatic carbocycles. The smallest absolute Gasteiger partial charge is 0.251 e. The summed E-state index contributed by atoms with van der Waals surface area (Å²) in [7, 11) is 0. The normalized spacial score (nSPS) is 15.6. The molecule has 19 heavy (non-hydrogen) atoms. The molecule has 0 saturated carbocycles. The van der Waals surface area contributed by atoms with E-state index in [-0.39, 0.29) is 5.91 Å². The van der Waals surface area contributed by atoms with E-state index >= 15 is 0 Å². The molecule has 5 heteroatoms. The predicted octanol–water partition coefficient (Wildman–Crippen LogP) is 2.25. The molecule has 0 aromatic heterocycles. The molecule has 0 atom stereocenters. The van der Waals surface area contributed by atoms with Crippen LogP contribution in [0.5, 0.6) is 0 Å². The van der Waals surface area contributed by atoms with Crippen molar-refractivity contribution < 1.29 is 4.79 Å². The van der Waals surface area contributed by atoms with Gasteiger partial charge in [-0.3, -0.25) is 4.79 Å². The molecular weight excluding hydrogens is 306 g/mol. The van der Waals surface area contributed by atoms with Crippen molar-refractivity contribution in [3.63, 3.8) is 0 Å². The Hall–Kier alpha value is -1.07. The Labute approximate surface area is 122 Å². The maximum Gasteiger partial charge on any atom is 0.251 e. The topological polar surface area (TPSA) is 58.4 Å². The molecule has 1 amide bonds. The van der Waals surface area contributed by atoms with Gasteiger partial charge in [0.05, 0.1) is 0 Å². The Bertz CT molecular complexity index is 444. The van der Waals surface area contributed by atoms with Crippen molar-refractivity contribution >= 4 is 27.5 Å². The van der Waals surface area contributed by atoms with Gasteiger partial charge in [-0.2, -0.15) is 0 Å². The van der Waals surface area contributed by atoms with Gasteiger partial charge in [0, 0.05) is 22.3 Å². The molecular formula is C14H20BrN3O. The predicted molar refractivity (Wildman–Crippen MR) is 81.2 cm³/mol. The molecule has 0 spiro atoms. The molecule has 0 radical (unpaired) electrons. The summed E-state index contributed by atoms with van der Waals surface area (Å²) in [6.45, 7) is 4.20. The summed E-state index contributed by atoms with van der Waals surface area (Å²) in [5.41, 5.74) is 6.96. The number of nitrogens with zero attached hydrogens (tertiary/aromatic N) is 1. The number of halogens is 1. The fraction of sp³-hybridized carbons (Fsp3) is 0.500. The zero-order chi connectivity index (χ0) is 13.7. The molecule has 1 saturated heterocycles. The SMILES string of the molecule is Nc1cc(C(=O)NCCCN2CCCC2)ccc1Br. The number of likely N-dealkylation sites (tertiary alicyclic amines) is 1. The standard InChI is InChI=1S/C14H20BrN3O/c15-12-5-4-11(10-13(12)16)14(19)17-6-3-9-18-7-1-2-8-18/h4-5,10H,1-3,6-9,16H2,(H,17,19). The fourth-order valence-electron chi connectivity index (χ4n) is 2.30. The number of hydrogen-bond donors (Lipinski definition) is 2. The van der Waals surface area contributed by atoms with Crippen molar-refractivity contribution in [3.8, 4) is 0 Å². The van der Waals surface area contributed by atoms with Crippen LogP contribution in [0.4, 0.5) is 5.69 Å². The van der Waals surface area contributed by atoms with Crippen molar-refractivity contribution in [1.29, 1.82) is 0 Å². The number of nitrogens with two attached hydrogens (primary N) is 1. The van der Waals surface area contributed by atoms with Crippen molar-refractivity contribution in [2.45, 2.75) is 19.3 Å². The lowest BCUT2D eigenvalue weighted by Gasteiger charge is -2.14. The summed E-state index contributed by atoms with van der Waals surface area (Å²) in [5, 5.41) is 2.93. The van der Waals surface area contributed by atoms with Crippen LogP contribution < -0.4 is 11.1 Å². The van der Waals surface area contributed by atoms with Crippen LogP contribution in [0.1, 0.15) is 29.6 Å². The van der Waals surface area contributed by atoms with E-state index in [4.69, 9.17) is 5.73 Å². The largest absolute Gasteiger partial charge is 0.398 e. The van der Waals surface area contributed by atoms with Gasteiger partial charge in [0.15, 0.2) is 0 Å². The monoisotopic (exact) mass is 325 g/mol. The van der Waals surface area contributed by atoms with E-state index in [1.54, 1.807) is 18.2 Å². The Balaban J connectivity index is 1.72. The third kappa shape index (κ3) is 4.21. The Kier molecular flexibility index (Phi) is 5.22. The van der Waals surface area contributed by atoms with Gasteiger partial charge in [0.25, 0.3) is 5.91 Å². The third-order valence-corrected chi connectivity index (χ3v) is 4.12. The molecule has 4 nitrogen and oxygen atoms in total. The average molecular weight is 326 g/mol. The van der Waals surface area contributed by atoms with E-state index in [1.165, 1.54) is 25.9 Å². The van der Waals surface area contributed by atoms with Gasteiger partial charge in [-0.1, -0.05) is 0 Å². The molecule has 1 fully saturated rings. The summed E-state index contributed by atoms with van der Waals surface area (Å²) in [6, 6.07) is 5.27. The summed E-state index contributed by atoms with van der Waals surface area (Å²) < 4.78 is 0.818. The number of carbonyl (C=O) groups is 1. The van der Waals surface area contributed by atoms with E-state index in [2.05, 4.69) is 26.1 Å². The second-order valence-electron chi connectivity index (χ2n) is 4.89. The van der Waals surface area contributed by atoms with Crippen LogP contribution in [0.2, 0.25) is 0 Å². The Morgan fingerprint density at radius 1 is 1.37 bits per heavy atom. The molecule has 3 N–H and O–H groups in total. The lowest BCUT2D eigenvalue weighted by molar-refractivity contribution is 0.0952. The van der Waals surface area contributed by atoms with E-state index in [1.807, 2.05) is 0 Å². The van der Waals surface area contributed by atoms with Crippen LogP contribution in [-0.4, -0.2) is 37.0 Å². The van der Waals surface area contributed by atoms with Crippen LogP contribution in [0.25, 0.3) is 0 Å². The molecule has 1 aromatic carbocycles. The molecule has 1 aliphatic heterocycles. The quantitative estimate of drug-likeness (QED) is 0.644. The van der Waals surface area contributed by atoms with Crippen LogP contribution in [0.15, 0.2) is 22.7 Å². The van der Waals surface area contributed by atoms with Gasteiger partial charge in [-0.05, 0) is 73.0 Å². The average Bonchev–Trinajstić information content (AvgIpc) is 2.91. The fourth-order valence-corrected chi connectivity index (χ4v) is 2.54. The van der Waals surface area contributed by atoms with E-state index in [0.717, 1.165) is 17.4 Å². The summed E-state index contributed by atoms with van der Waals surface area (Å²) in [5.74, 6) is -0.0550. The van der Waals surface area contributed by atoms with E-state index < -0.39 is 0 Å². The summed E-state index contributed by atoms with van der Waals surface area (Å²) in [4.78, 5) is 14.4. The Morgan fingerprint density at radius 3 is 2.79 bits per heavy atom. The maximum atomic E-state index is 11.9. The first-order valence-corrected chi connectivity index (χ1v) is 7.52. The lowest BCUT2D eigenvalue weighted by atomic mass is 10.2. The lowest BCUT2D eigenvalue weighted by Crippen LogP contribution is -2.28. The first-order valence-electron chi connectivity index (χ1n) is 6.72. The maximum absolute atomic E-state index is 11.9. The number of amides is 1. The Morgan fingerprint density at radius 2 is 2.11 bits per heavy atom. The molecule has 1 aliphatic rings. The molecule has 2 rings (SSSR count). The number of hydrogen-bond acceptors (Lipinski definition) is 3. The van der Waals surface area contributed by atoms with Crippen molar-refractivity contribution in [3.05, 3.63) is 28.2 Å². The highest BCUT2D eigenvalue weighted by Gasteiger charge is 2.11. The first-order chi connectivity index (χ1) is 9.16. The van der Waals surface area contributed by atoms with E-state index in [0.29, 0.717) is 17.8 Å². The minimum Gasteiger partial charge on any atom is -0.398 e. The van der Waals surface area contributed by atoms with Gasteiger partial charge in [0.2, 0.25) is 0 Å². The van der Waals surface area contributed by atoms with Crippen molar-refractivity contribution in [2.75, 3.05) is 31.9 Å². The van der Waals surface area contributed by atoms with Crippen LogP contribution in [0, 0.1) is 0 Å². The molecule has 104 valence electrons. The second-order valence-corrected chi connectivity index (χ2v) is 5.75. The minimum atomic E-state index is -0.0550. The van der Waals surface area contributed by atoms with Gasteiger partial charge >= 0.3 is 0 Å². The number of rotatable bonds is 5. The number of anilines is 1. The minimum absolute atomic E-state index is 0.0550. The first kappa shape index (κ1) is 14.3. The van der Waals surface area contributed by atoms with Gasteiger partial charge < -0.3 is 16.0 Å². The van der Waals surface area contributed by atoms with Crippen LogP contribution in [0.3, 0.4) is 0 Å².